The van der Waals surface area contributed by atoms with Gasteiger partial charge in [-0.25, -0.2) is 0 Å². The molecule has 0 aliphatic rings. The van der Waals surface area contributed by atoms with Crippen LogP contribution in [-0.4, -0.2) is 5.11 Å². The molecule has 0 spiro atoms. The molecule has 3 heteroatoms. The molecule has 7 aromatic carbocycles. The largest absolute Gasteiger partial charge is 0.504 e. The van der Waals surface area contributed by atoms with E-state index in [0.717, 1.165) is 44.5 Å². The van der Waals surface area contributed by atoms with Crippen molar-refractivity contribution in [2.75, 3.05) is 0 Å². The number of benzene rings is 7. The molecule has 1 N–H and O–H groups in total. The van der Waals surface area contributed by atoms with Gasteiger partial charge in [-0.15, -0.1) is 0 Å². The molecule has 0 unspecified atom stereocenters. The lowest BCUT2D eigenvalue weighted by Crippen LogP contribution is -1.96. The highest BCUT2D eigenvalue weighted by atomic mass is 16.5. The van der Waals surface area contributed by atoms with Crippen LogP contribution >= 0.6 is 0 Å². The summed E-state index contributed by atoms with van der Waals surface area (Å²) in [7, 11) is 0. The van der Waals surface area contributed by atoms with Gasteiger partial charge in [-0.3, -0.25) is 0 Å². The molecule has 0 aliphatic carbocycles. The maximum Gasteiger partial charge on any atom is 0.211 e. The lowest BCUT2D eigenvalue weighted by Gasteiger charge is -2.20. The summed E-state index contributed by atoms with van der Waals surface area (Å²) in [5.74, 6) is 1.89. The molecule has 0 amide bonds. The van der Waals surface area contributed by atoms with Crippen LogP contribution in [0.1, 0.15) is 0 Å². The molecule has 0 bridgehead atoms. The number of para-hydroxylation sites is 1. The van der Waals surface area contributed by atoms with E-state index in [1.165, 1.54) is 0 Å². The number of rotatable bonds is 8. The predicted molar refractivity (Wildman–Crippen MR) is 183 cm³/mol. The third-order valence-corrected chi connectivity index (χ3v) is 7.74. The van der Waals surface area contributed by atoms with Crippen molar-refractivity contribution in [3.8, 4) is 73.3 Å². The van der Waals surface area contributed by atoms with Crippen molar-refractivity contribution in [1.29, 1.82) is 0 Å². The van der Waals surface area contributed by atoms with Crippen LogP contribution in [0.5, 0.6) is 28.7 Å². The molecule has 45 heavy (non-hydrogen) atoms. The Morgan fingerprint density at radius 1 is 0.311 bits per heavy atom. The Morgan fingerprint density at radius 3 is 1.16 bits per heavy atom. The van der Waals surface area contributed by atoms with E-state index in [0.29, 0.717) is 17.2 Å². The Kier molecular flexibility index (Phi) is 7.81. The van der Waals surface area contributed by atoms with Crippen LogP contribution in [0.15, 0.2) is 176 Å². The minimum absolute atomic E-state index is 0.0166. The first-order valence-electron chi connectivity index (χ1n) is 14.9. The standard InChI is InChI=1S/C42H30O3/c43-36-26-15-29-39(44-37-27-13-24-34(30-16-5-1-6-17-30)40(37)32-20-9-3-10-21-32)42(36)45-38-28-14-25-35(31-18-7-2-8-19-31)41(38)33-22-11-4-12-23-33/h1-29,43H. The maximum absolute atomic E-state index is 11.2. The summed E-state index contributed by atoms with van der Waals surface area (Å²) in [6, 6.07) is 58.1. The summed E-state index contributed by atoms with van der Waals surface area (Å²) in [6.07, 6.45) is 0. The van der Waals surface area contributed by atoms with Crippen molar-refractivity contribution in [2.45, 2.75) is 0 Å². The minimum atomic E-state index is -0.0166. The molecule has 0 saturated carbocycles. The van der Waals surface area contributed by atoms with Gasteiger partial charge in [-0.2, -0.15) is 0 Å². The van der Waals surface area contributed by atoms with Crippen LogP contribution in [0.2, 0.25) is 0 Å². The second-order valence-corrected chi connectivity index (χ2v) is 10.6. The number of hydrogen-bond donors (Lipinski definition) is 1. The van der Waals surface area contributed by atoms with Gasteiger partial charge in [0.1, 0.15) is 11.5 Å². The molecule has 216 valence electrons. The van der Waals surface area contributed by atoms with Crippen molar-refractivity contribution in [2.24, 2.45) is 0 Å². The molecular formula is C42H30O3. The predicted octanol–water partition coefficient (Wildman–Crippen LogP) is 11.6. The summed E-state index contributed by atoms with van der Waals surface area (Å²) in [6.45, 7) is 0. The first-order chi connectivity index (χ1) is 22.3. The molecule has 0 aliphatic heterocycles. The zero-order chi connectivity index (χ0) is 30.4. The molecule has 0 heterocycles. The Balaban J connectivity index is 1.35. The van der Waals surface area contributed by atoms with Crippen LogP contribution in [0, 0.1) is 0 Å². The highest BCUT2D eigenvalue weighted by molar-refractivity contribution is 5.89. The van der Waals surface area contributed by atoms with Crippen molar-refractivity contribution >= 4 is 0 Å². The molecule has 3 nitrogen and oxygen atoms in total. The first kappa shape index (κ1) is 27.8. The van der Waals surface area contributed by atoms with Crippen LogP contribution in [0.25, 0.3) is 44.5 Å². The van der Waals surface area contributed by atoms with E-state index in [4.69, 9.17) is 9.47 Å². The molecule has 0 fully saturated rings. The second kappa shape index (κ2) is 12.7. The van der Waals surface area contributed by atoms with Crippen LogP contribution in [-0.2, 0) is 0 Å². The Morgan fingerprint density at radius 2 is 0.689 bits per heavy atom. The van der Waals surface area contributed by atoms with Gasteiger partial charge in [-0.1, -0.05) is 152 Å². The Labute approximate surface area is 263 Å². The molecular weight excluding hydrogens is 552 g/mol. The van der Waals surface area contributed by atoms with Gasteiger partial charge < -0.3 is 14.6 Å². The SMILES string of the molecule is Oc1cccc(Oc2cccc(-c3ccccc3)c2-c2ccccc2)c1Oc1cccc(-c2ccccc2)c1-c1ccccc1. The fourth-order valence-electron chi connectivity index (χ4n) is 5.67. The number of phenols is 1. The number of aromatic hydroxyl groups is 1. The Bertz CT molecular complexity index is 2040. The van der Waals surface area contributed by atoms with E-state index in [1.807, 2.05) is 103 Å². The topological polar surface area (TPSA) is 38.7 Å². The lowest BCUT2D eigenvalue weighted by molar-refractivity contribution is 0.382. The summed E-state index contributed by atoms with van der Waals surface area (Å²) in [5.41, 5.74) is 8.13. The average Bonchev–Trinajstić information content (AvgIpc) is 3.11. The maximum atomic E-state index is 11.2. The van der Waals surface area contributed by atoms with Gasteiger partial charge in [-0.05, 0) is 57.6 Å². The number of hydrogen-bond acceptors (Lipinski definition) is 3. The van der Waals surface area contributed by atoms with Crippen molar-refractivity contribution in [3.05, 3.63) is 176 Å². The van der Waals surface area contributed by atoms with Gasteiger partial charge >= 0.3 is 0 Å². The molecule has 0 atom stereocenters. The lowest BCUT2D eigenvalue weighted by atomic mass is 9.93. The van der Waals surface area contributed by atoms with Gasteiger partial charge in [0.15, 0.2) is 11.5 Å². The third kappa shape index (κ3) is 5.80. The molecule has 0 aromatic heterocycles. The quantitative estimate of drug-likeness (QED) is 0.194. The summed E-state index contributed by atoms with van der Waals surface area (Å²) in [5, 5.41) is 11.2. The van der Waals surface area contributed by atoms with Crippen molar-refractivity contribution in [1.82, 2.24) is 0 Å². The molecule has 0 saturated heterocycles. The van der Waals surface area contributed by atoms with Gasteiger partial charge in [0, 0.05) is 11.1 Å². The number of ether oxygens (including phenoxy) is 2. The van der Waals surface area contributed by atoms with Crippen molar-refractivity contribution in [3.63, 3.8) is 0 Å². The highest BCUT2D eigenvalue weighted by Gasteiger charge is 2.21. The summed E-state index contributed by atoms with van der Waals surface area (Å²) in [4.78, 5) is 0. The van der Waals surface area contributed by atoms with E-state index < -0.39 is 0 Å². The van der Waals surface area contributed by atoms with Crippen molar-refractivity contribution < 1.29 is 14.6 Å². The molecule has 7 rings (SSSR count). The summed E-state index contributed by atoms with van der Waals surface area (Å²) >= 11 is 0. The zero-order valence-corrected chi connectivity index (χ0v) is 24.5. The smallest absolute Gasteiger partial charge is 0.211 e. The first-order valence-corrected chi connectivity index (χ1v) is 14.9. The van der Waals surface area contributed by atoms with E-state index in [2.05, 4.69) is 60.7 Å². The van der Waals surface area contributed by atoms with Crippen LogP contribution in [0.3, 0.4) is 0 Å². The van der Waals surface area contributed by atoms with Crippen LogP contribution < -0.4 is 9.47 Å². The second-order valence-electron chi connectivity index (χ2n) is 10.6. The molecule has 7 aromatic rings. The minimum Gasteiger partial charge on any atom is -0.504 e. The van der Waals surface area contributed by atoms with E-state index in [1.54, 1.807) is 12.1 Å². The summed E-state index contributed by atoms with van der Waals surface area (Å²) < 4.78 is 13.3. The fourth-order valence-corrected chi connectivity index (χ4v) is 5.67. The van der Waals surface area contributed by atoms with E-state index in [9.17, 15) is 5.11 Å². The molecule has 0 radical (unpaired) electrons. The van der Waals surface area contributed by atoms with E-state index >= 15 is 0 Å². The number of phenolic OH excluding ortho intramolecular Hbond substituents is 1. The fraction of sp³-hybridized carbons (Fsp3) is 0. The zero-order valence-electron chi connectivity index (χ0n) is 24.5. The third-order valence-electron chi connectivity index (χ3n) is 7.74. The average molecular weight is 583 g/mol. The monoisotopic (exact) mass is 582 g/mol. The Hall–Kier alpha value is -6.06. The highest BCUT2D eigenvalue weighted by Crippen LogP contribution is 2.48. The van der Waals surface area contributed by atoms with E-state index in [-0.39, 0.29) is 11.5 Å². The van der Waals surface area contributed by atoms with Gasteiger partial charge in [0.2, 0.25) is 5.75 Å². The van der Waals surface area contributed by atoms with Gasteiger partial charge in [0.25, 0.3) is 0 Å². The normalized spacial score (nSPS) is 10.8. The van der Waals surface area contributed by atoms with Crippen LogP contribution in [0.4, 0.5) is 0 Å². The van der Waals surface area contributed by atoms with Gasteiger partial charge in [0.05, 0.1) is 0 Å².